The fraction of sp³-hybridized carbons (Fsp3) is 0.292. The van der Waals surface area contributed by atoms with Crippen molar-refractivity contribution in [2.24, 2.45) is 0 Å². The third-order valence-electron chi connectivity index (χ3n) is 5.80. The topological polar surface area (TPSA) is 50.3 Å². The number of halogens is 2. The van der Waals surface area contributed by atoms with Gasteiger partial charge in [-0.1, -0.05) is 12.1 Å². The van der Waals surface area contributed by atoms with Crippen LogP contribution in [-0.2, 0) is 16.0 Å². The van der Waals surface area contributed by atoms with Crippen molar-refractivity contribution in [2.75, 3.05) is 13.1 Å². The summed E-state index contributed by atoms with van der Waals surface area (Å²) >= 11 is 0. The zero-order valence-electron chi connectivity index (χ0n) is 16.7. The number of carbonyl (C=O) groups is 2. The van der Waals surface area contributed by atoms with Crippen molar-refractivity contribution in [3.63, 3.8) is 0 Å². The number of pyridine rings is 1. The first-order valence-electron chi connectivity index (χ1n) is 10.0. The Morgan fingerprint density at radius 2 is 1.83 bits per heavy atom. The average Bonchev–Trinajstić information content (AvgIpc) is 2.75. The summed E-state index contributed by atoms with van der Waals surface area (Å²) in [7, 11) is 0. The molecule has 1 saturated heterocycles. The van der Waals surface area contributed by atoms with Gasteiger partial charge in [0.15, 0.2) is 0 Å². The Labute approximate surface area is 173 Å². The lowest BCUT2D eigenvalue weighted by Gasteiger charge is -2.32. The van der Waals surface area contributed by atoms with Crippen molar-refractivity contribution < 1.29 is 18.4 Å². The second kappa shape index (κ2) is 8.30. The summed E-state index contributed by atoms with van der Waals surface area (Å²) in [5.74, 6) is -1.58. The largest absolute Gasteiger partial charge is 0.336 e. The molecule has 0 unspecified atom stereocenters. The molecule has 3 aromatic rings. The molecule has 4 nitrogen and oxygen atoms in total. The summed E-state index contributed by atoms with van der Waals surface area (Å²) in [5, 5.41) is 0.791. The van der Waals surface area contributed by atoms with Crippen molar-refractivity contribution >= 4 is 22.6 Å². The normalized spacial score (nSPS) is 14.8. The highest BCUT2D eigenvalue weighted by Gasteiger charge is 2.28. The minimum Gasteiger partial charge on any atom is -0.336 e. The van der Waals surface area contributed by atoms with Gasteiger partial charge in [0.05, 0.1) is 5.52 Å². The maximum absolute atomic E-state index is 13.7. The number of aromatic nitrogens is 1. The van der Waals surface area contributed by atoms with Gasteiger partial charge in [0, 0.05) is 31.1 Å². The van der Waals surface area contributed by atoms with Gasteiger partial charge < -0.3 is 4.90 Å². The number of carbonyl (C=O) groups excluding carboxylic acids is 2. The second-order valence-electron chi connectivity index (χ2n) is 7.81. The molecule has 0 aliphatic carbocycles. The highest BCUT2D eigenvalue weighted by molar-refractivity contribution is 6.36. The minimum absolute atomic E-state index is 0.107. The number of ketones is 1. The van der Waals surface area contributed by atoms with Crippen LogP contribution >= 0.6 is 0 Å². The van der Waals surface area contributed by atoms with Crippen LogP contribution in [0.1, 0.15) is 35.4 Å². The van der Waals surface area contributed by atoms with Crippen molar-refractivity contribution in [3.05, 3.63) is 77.0 Å². The Kier molecular flexibility index (Phi) is 5.57. The molecule has 1 aromatic heterocycles. The van der Waals surface area contributed by atoms with Crippen LogP contribution in [0.4, 0.5) is 8.78 Å². The molecule has 0 atom stereocenters. The molecule has 0 radical (unpaired) electrons. The lowest BCUT2D eigenvalue weighted by Crippen LogP contribution is -2.42. The van der Waals surface area contributed by atoms with Crippen LogP contribution in [-0.4, -0.2) is 34.7 Å². The standard InChI is InChI=1S/C24H22F2N2O2/c1-15-2-3-16(12-21(15)26)13-23(29)24(30)28-10-7-17(8-11-28)19-6-9-27-22-5-4-18(25)14-20(19)22/h2-6,9,12,14,17H,7-8,10-11,13H2,1H3. The van der Waals surface area contributed by atoms with Crippen LogP contribution in [0.15, 0.2) is 48.7 Å². The molecule has 1 aliphatic heterocycles. The number of aryl methyl sites for hydroxylation is 1. The smallest absolute Gasteiger partial charge is 0.290 e. The van der Waals surface area contributed by atoms with E-state index in [1.54, 1.807) is 36.2 Å². The summed E-state index contributed by atoms with van der Waals surface area (Å²) in [5.41, 5.74) is 2.76. The van der Waals surface area contributed by atoms with Gasteiger partial charge in [-0.2, -0.15) is 0 Å². The molecule has 4 rings (SSSR count). The summed E-state index contributed by atoms with van der Waals surface area (Å²) < 4.78 is 27.4. The zero-order chi connectivity index (χ0) is 21.3. The van der Waals surface area contributed by atoms with Crippen LogP contribution in [0.5, 0.6) is 0 Å². The van der Waals surface area contributed by atoms with Crippen LogP contribution in [0.3, 0.4) is 0 Å². The molecule has 0 spiro atoms. The van der Waals surface area contributed by atoms with Crippen molar-refractivity contribution in [2.45, 2.75) is 32.1 Å². The van der Waals surface area contributed by atoms with Crippen LogP contribution in [0, 0.1) is 18.6 Å². The fourth-order valence-electron chi connectivity index (χ4n) is 4.07. The number of benzene rings is 2. The Balaban J connectivity index is 1.42. The molecule has 1 fully saturated rings. The molecule has 154 valence electrons. The van der Waals surface area contributed by atoms with Crippen molar-refractivity contribution in [3.8, 4) is 0 Å². The number of Topliss-reactive ketones (excluding diaryl/α,β-unsaturated/α-hetero) is 1. The first kappa shape index (κ1) is 20.1. The quantitative estimate of drug-likeness (QED) is 0.604. The Hall–Kier alpha value is -3.15. The van der Waals surface area contributed by atoms with Gasteiger partial charge in [-0.15, -0.1) is 0 Å². The van der Waals surface area contributed by atoms with Crippen LogP contribution in [0.2, 0.25) is 0 Å². The van der Waals surface area contributed by atoms with Crippen LogP contribution in [0.25, 0.3) is 10.9 Å². The van der Waals surface area contributed by atoms with E-state index in [2.05, 4.69) is 4.98 Å². The highest BCUT2D eigenvalue weighted by atomic mass is 19.1. The van der Waals surface area contributed by atoms with Crippen LogP contribution < -0.4 is 0 Å². The lowest BCUT2D eigenvalue weighted by molar-refractivity contribution is -0.145. The minimum atomic E-state index is -0.534. The third-order valence-corrected chi connectivity index (χ3v) is 5.80. The van der Waals surface area contributed by atoms with Gasteiger partial charge in [-0.05, 0) is 72.7 Å². The van der Waals surface area contributed by atoms with Gasteiger partial charge >= 0.3 is 0 Å². The molecule has 6 heteroatoms. The van der Waals surface area contributed by atoms with Crippen molar-refractivity contribution in [1.82, 2.24) is 9.88 Å². The second-order valence-corrected chi connectivity index (χ2v) is 7.81. The molecule has 1 aliphatic rings. The first-order chi connectivity index (χ1) is 14.4. The molecule has 0 bridgehead atoms. The Bertz CT molecular complexity index is 1120. The summed E-state index contributed by atoms with van der Waals surface area (Å²) in [6, 6.07) is 11.0. The number of rotatable bonds is 4. The predicted octanol–water partition coefficient (Wildman–Crippen LogP) is 4.34. The average molecular weight is 408 g/mol. The molecule has 0 saturated carbocycles. The molecule has 2 heterocycles. The number of hydrogen-bond acceptors (Lipinski definition) is 3. The SMILES string of the molecule is Cc1ccc(CC(=O)C(=O)N2CCC(c3ccnc4ccc(F)cc34)CC2)cc1F. The number of fused-ring (bicyclic) bond motifs is 1. The highest BCUT2D eigenvalue weighted by Crippen LogP contribution is 2.32. The van der Waals surface area contributed by atoms with E-state index in [9.17, 15) is 18.4 Å². The van der Waals surface area contributed by atoms with Gasteiger partial charge in [-0.3, -0.25) is 14.6 Å². The van der Waals surface area contributed by atoms with E-state index in [0.29, 0.717) is 37.1 Å². The van der Waals surface area contributed by atoms with E-state index in [1.807, 2.05) is 6.07 Å². The summed E-state index contributed by atoms with van der Waals surface area (Å²) in [6.45, 7) is 2.56. The maximum atomic E-state index is 13.7. The Morgan fingerprint density at radius 1 is 1.07 bits per heavy atom. The summed E-state index contributed by atoms with van der Waals surface area (Å²) in [4.78, 5) is 30.8. The molecule has 0 N–H and O–H groups in total. The number of hydrogen-bond donors (Lipinski definition) is 0. The Morgan fingerprint density at radius 3 is 2.57 bits per heavy atom. The zero-order valence-corrected chi connectivity index (χ0v) is 16.7. The van der Waals surface area contributed by atoms with Gasteiger partial charge in [0.2, 0.25) is 5.78 Å². The lowest BCUT2D eigenvalue weighted by atomic mass is 9.87. The molecule has 1 amide bonds. The first-order valence-corrected chi connectivity index (χ1v) is 10.0. The number of amides is 1. The number of nitrogens with zero attached hydrogens (tertiary/aromatic N) is 2. The number of piperidine rings is 1. The van der Waals surface area contributed by atoms with Gasteiger partial charge in [0.25, 0.3) is 5.91 Å². The van der Waals surface area contributed by atoms with E-state index in [1.165, 1.54) is 18.2 Å². The molecule has 30 heavy (non-hydrogen) atoms. The predicted molar refractivity (Wildman–Crippen MR) is 110 cm³/mol. The van der Waals surface area contributed by atoms with E-state index in [4.69, 9.17) is 0 Å². The van der Waals surface area contributed by atoms with Gasteiger partial charge in [0.1, 0.15) is 11.6 Å². The maximum Gasteiger partial charge on any atom is 0.290 e. The van der Waals surface area contributed by atoms with E-state index < -0.39 is 11.7 Å². The van der Waals surface area contributed by atoms with E-state index >= 15 is 0 Å². The monoisotopic (exact) mass is 408 g/mol. The van der Waals surface area contributed by atoms with Crippen molar-refractivity contribution in [1.29, 1.82) is 0 Å². The third kappa shape index (κ3) is 4.08. The van der Waals surface area contributed by atoms with E-state index in [-0.39, 0.29) is 24.0 Å². The fourth-order valence-corrected chi connectivity index (χ4v) is 4.07. The number of likely N-dealkylation sites (tertiary alicyclic amines) is 1. The van der Waals surface area contributed by atoms with Gasteiger partial charge in [-0.25, -0.2) is 8.78 Å². The molecule has 2 aromatic carbocycles. The molecular formula is C24H22F2N2O2. The molecular weight excluding hydrogens is 386 g/mol. The van der Waals surface area contributed by atoms with E-state index in [0.717, 1.165) is 16.5 Å². The summed E-state index contributed by atoms with van der Waals surface area (Å²) in [6.07, 6.45) is 2.99.